The van der Waals surface area contributed by atoms with Gasteiger partial charge >= 0.3 is 0 Å². The van der Waals surface area contributed by atoms with Crippen molar-refractivity contribution in [2.45, 2.75) is 69.1 Å². The van der Waals surface area contributed by atoms with Crippen LogP contribution in [0.4, 0.5) is 0 Å². The van der Waals surface area contributed by atoms with Gasteiger partial charge in [0.1, 0.15) is 0 Å². The molecule has 0 saturated heterocycles. The minimum Gasteiger partial charge on any atom is -0.313 e. The van der Waals surface area contributed by atoms with Crippen LogP contribution in [0.15, 0.2) is 29.2 Å². The van der Waals surface area contributed by atoms with Gasteiger partial charge in [0.25, 0.3) is 0 Å². The maximum absolute atomic E-state index is 3.72. The van der Waals surface area contributed by atoms with E-state index in [1.807, 2.05) is 0 Å². The largest absolute Gasteiger partial charge is 0.313 e. The molecule has 20 heavy (non-hydrogen) atoms. The zero-order valence-electron chi connectivity index (χ0n) is 13.2. The van der Waals surface area contributed by atoms with E-state index < -0.39 is 0 Å². The van der Waals surface area contributed by atoms with Crippen molar-refractivity contribution < 1.29 is 0 Å². The SMILES string of the molecule is CCCC1CCC(NCC)C(Sc2ccccc2C)C1. The van der Waals surface area contributed by atoms with Crippen molar-refractivity contribution in [3.8, 4) is 0 Å². The van der Waals surface area contributed by atoms with Crippen molar-refractivity contribution in [3.05, 3.63) is 29.8 Å². The summed E-state index contributed by atoms with van der Waals surface area (Å²) in [4.78, 5) is 1.47. The van der Waals surface area contributed by atoms with Crippen molar-refractivity contribution in [1.29, 1.82) is 0 Å². The predicted octanol–water partition coefficient (Wildman–Crippen LogP) is 5.03. The molecule has 1 aromatic carbocycles. The van der Waals surface area contributed by atoms with E-state index in [0.29, 0.717) is 6.04 Å². The fourth-order valence-corrected chi connectivity index (χ4v) is 4.86. The van der Waals surface area contributed by atoms with E-state index in [1.54, 1.807) is 0 Å². The number of aryl methyl sites for hydroxylation is 1. The maximum Gasteiger partial charge on any atom is 0.0251 e. The fourth-order valence-electron chi connectivity index (χ4n) is 3.36. The molecular formula is C18H29NS. The van der Waals surface area contributed by atoms with Gasteiger partial charge in [-0.2, -0.15) is 0 Å². The molecule has 3 unspecified atom stereocenters. The summed E-state index contributed by atoms with van der Waals surface area (Å²) in [5.41, 5.74) is 1.42. The third-order valence-electron chi connectivity index (χ3n) is 4.44. The first-order valence-electron chi connectivity index (χ1n) is 8.20. The summed E-state index contributed by atoms with van der Waals surface area (Å²) in [6.07, 6.45) is 6.88. The van der Waals surface area contributed by atoms with E-state index in [1.165, 1.54) is 42.6 Å². The monoisotopic (exact) mass is 291 g/mol. The highest BCUT2D eigenvalue weighted by molar-refractivity contribution is 8.00. The van der Waals surface area contributed by atoms with Crippen molar-refractivity contribution in [3.63, 3.8) is 0 Å². The van der Waals surface area contributed by atoms with Crippen LogP contribution in [0.2, 0.25) is 0 Å². The minimum absolute atomic E-state index is 0.692. The Kier molecular flexibility index (Phi) is 6.44. The molecule has 2 heteroatoms. The topological polar surface area (TPSA) is 12.0 Å². The quantitative estimate of drug-likeness (QED) is 0.788. The number of hydrogen-bond donors (Lipinski definition) is 1. The summed E-state index contributed by atoms with van der Waals surface area (Å²) in [6, 6.07) is 9.52. The van der Waals surface area contributed by atoms with E-state index in [2.05, 4.69) is 62.1 Å². The smallest absolute Gasteiger partial charge is 0.0251 e. The minimum atomic E-state index is 0.692. The Bertz CT molecular complexity index is 404. The average Bonchev–Trinajstić information content (AvgIpc) is 2.45. The highest BCUT2D eigenvalue weighted by atomic mass is 32.2. The molecule has 112 valence electrons. The van der Waals surface area contributed by atoms with Gasteiger partial charge in [-0.25, -0.2) is 0 Å². The van der Waals surface area contributed by atoms with Gasteiger partial charge < -0.3 is 5.32 Å². The predicted molar refractivity (Wildman–Crippen MR) is 90.5 cm³/mol. The molecule has 1 aromatic rings. The molecule has 2 rings (SSSR count). The van der Waals surface area contributed by atoms with E-state index in [4.69, 9.17) is 0 Å². The average molecular weight is 292 g/mol. The number of nitrogens with one attached hydrogen (secondary N) is 1. The standard InChI is InChI=1S/C18H29NS/c1-4-8-15-11-12-16(19-5-2)18(13-15)20-17-10-7-6-9-14(17)3/h6-7,9-10,15-16,18-19H,4-5,8,11-13H2,1-3H3. The van der Waals surface area contributed by atoms with E-state index in [0.717, 1.165) is 17.7 Å². The molecule has 1 aliphatic carbocycles. The maximum atomic E-state index is 3.72. The van der Waals surface area contributed by atoms with Crippen molar-refractivity contribution in [2.24, 2.45) is 5.92 Å². The van der Waals surface area contributed by atoms with E-state index in [-0.39, 0.29) is 0 Å². The molecule has 1 saturated carbocycles. The van der Waals surface area contributed by atoms with Crippen LogP contribution in [0.3, 0.4) is 0 Å². The molecule has 0 aliphatic heterocycles. The fraction of sp³-hybridized carbons (Fsp3) is 0.667. The van der Waals surface area contributed by atoms with Gasteiger partial charge in [0, 0.05) is 16.2 Å². The Morgan fingerprint density at radius 2 is 2.00 bits per heavy atom. The molecule has 0 aromatic heterocycles. The van der Waals surface area contributed by atoms with Crippen LogP contribution in [0.5, 0.6) is 0 Å². The van der Waals surface area contributed by atoms with Crippen molar-refractivity contribution in [1.82, 2.24) is 5.32 Å². The molecule has 0 spiro atoms. The summed E-state index contributed by atoms with van der Waals surface area (Å²) in [7, 11) is 0. The lowest BCUT2D eigenvalue weighted by Crippen LogP contribution is -2.42. The zero-order chi connectivity index (χ0) is 14.4. The number of thioether (sulfide) groups is 1. The third kappa shape index (κ3) is 4.26. The first-order valence-corrected chi connectivity index (χ1v) is 9.08. The number of benzene rings is 1. The number of hydrogen-bond acceptors (Lipinski definition) is 2. The van der Waals surface area contributed by atoms with Crippen molar-refractivity contribution >= 4 is 11.8 Å². The highest BCUT2D eigenvalue weighted by Crippen LogP contribution is 2.39. The lowest BCUT2D eigenvalue weighted by Gasteiger charge is -2.36. The van der Waals surface area contributed by atoms with Crippen LogP contribution >= 0.6 is 11.8 Å². The normalized spacial score (nSPS) is 26.6. The summed E-state index contributed by atoms with van der Waals surface area (Å²) in [5.74, 6) is 0.941. The molecule has 0 heterocycles. The molecule has 0 radical (unpaired) electrons. The lowest BCUT2D eigenvalue weighted by molar-refractivity contribution is 0.289. The van der Waals surface area contributed by atoms with Crippen LogP contribution in [-0.2, 0) is 0 Å². The molecular weight excluding hydrogens is 262 g/mol. The highest BCUT2D eigenvalue weighted by Gasteiger charge is 2.30. The van der Waals surface area contributed by atoms with Crippen LogP contribution in [-0.4, -0.2) is 17.8 Å². The van der Waals surface area contributed by atoms with Gasteiger partial charge in [-0.1, -0.05) is 44.9 Å². The summed E-state index contributed by atoms with van der Waals surface area (Å²) in [5, 5.41) is 4.45. The Morgan fingerprint density at radius 1 is 1.20 bits per heavy atom. The summed E-state index contributed by atoms with van der Waals surface area (Å²) < 4.78 is 0. The van der Waals surface area contributed by atoms with E-state index in [9.17, 15) is 0 Å². The van der Waals surface area contributed by atoms with Gasteiger partial charge in [-0.15, -0.1) is 11.8 Å². The molecule has 1 aliphatic rings. The molecule has 1 nitrogen and oxygen atoms in total. The Labute approximate surface area is 128 Å². The Hall–Kier alpha value is -0.470. The lowest BCUT2D eigenvalue weighted by atomic mass is 9.83. The van der Waals surface area contributed by atoms with Crippen molar-refractivity contribution in [2.75, 3.05) is 6.54 Å². The number of rotatable bonds is 6. The summed E-state index contributed by atoms with van der Waals surface area (Å²) >= 11 is 2.11. The third-order valence-corrected chi connectivity index (χ3v) is 5.97. The van der Waals surface area contributed by atoms with E-state index >= 15 is 0 Å². The molecule has 1 fully saturated rings. The van der Waals surface area contributed by atoms with Crippen LogP contribution < -0.4 is 5.32 Å². The van der Waals surface area contributed by atoms with Crippen LogP contribution in [0, 0.1) is 12.8 Å². The molecule has 0 bridgehead atoms. The van der Waals surface area contributed by atoms with Crippen LogP contribution in [0.1, 0.15) is 51.5 Å². The van der Waals surface area contributed by atoms with Gasteiger partial charge in [-0.05, 0) is 50.3 Å². The molecule has 1 N–H and O–H groups in total. The van der Waals surface area contributed by atoms with Gasteiger partial charge in [0.05, 0.1) is 0 Å². The molecule has 0 amide bonds. The van der Waals surface area contributed by atoms with Gasteiger partial charge in [0.2, 0.25) is 0 Å². The Balaban J connectivity index is 2.05. The zero-order valence-corrected chi connectivity index (χ0v) is 14.0. The van der Waals surface area contributed by atoms with Crippen LogP contribution in [0.25, 0.3) is 0 Å². The molecule has 3 atom stereocenters. The van der Waals surface area contributed by atoms with Gasteiger partial charge in [-0.3, -0.25) is 0 Å². The second-order valence-electron chi connectivity index (χ2n) is 6.05. The Morgan fingerprint density at radius 3 is 2.70 bits per heavy atom. The summed E-state index contributed by atoms with van der Waals surface area (Å²) in [6.45, 7) is 7.87. The van der Waals surface area contributed by atoms with Gasteiger partial charge in [0.15, 0.2) is 0 Å². The second kappa shape index (κ2) is 8.09. The first kappa shape index (κ1) is 15.9. The first-order chi connectivity index (χ1) is 9.74. The second-order valence-corrected chi connectivity index (χ2v) is 7.33.